The van der Waals surface area contributed by atoms with Crippen molar-refractivity contribution >= 4 is 11.8 Å². The molecule has 1 aliphatic heterocycles. The molecule has 4 rings (SSSR count). The molecule has 2 aromatic carbocycles. The number of carbonyl (C=O) groups is 2. The predicted octanol–water partition coefficient (Wildman–Crippen LogP) is 3.25. The average molecular weight is 534 g/mol. The van der Waals surface area contributed by atoms with Gasteiger partial charge in [-0.05, 0) is 22.6 Å². The van der Waals surface area contributed by atoms with Gasteiger partial charge in [0.25, 0.3) is 0 Å². The summed E-state index contributed by atoms with van der Waals surface area (Å²) in [5.41, 5.74) is 3.39. The first-order chi connectivity index (χ1) is 18.5. The number of aromatic nitrogens is 3. The first kappa shape index (κ1) is 28.4. The predicted molar refractivity (Wildman–Crippen MR) is 149 cm³/mol. The highest BCUT2D eigenvalue weighted by Gasteiger charge is 2.43. The standard InChI is InChI=1S/C30H39N5O4/c1-19(2)27(35-17-26(32-33-35)30(3,4)5)29(39)34-16-23(37)15-25(34)28(38)31-24(18-36)22-13-11-21(12-14-22)20-9-7-6-8-10-20/h6-14,17,19,23-25,27,36-37H,15-16,18H2,1-5H3,(H,31,38)/t23-,24+,25+,27+/m1/s1. The lowest BCUT2D eigenvalue weighted by Gasteiger charge is -2.30. The molecule has 0 spiro atoms. The van der Waals surface area contributed by atoms with Gasteiger partial charge in [-0.15, -0.1) is 5.10 Å². The summed E-state index contributed by atoms with van der Waals surface area (Å²) >= 11 is 0. The molecule has 4 atom stereocenters. The summed E-state index contributed by atoms with van der Waals surface area (Å²) in [6.45, 7) is 9.67. The maximum Gasteiger partial charge on any atom is 0.248 e. The van der Waals surface area contributed by atoms with E-state index in [1.165, 1.54) is 4.90 Å². The van der Waals surface area contributed by atoms with Crippen LogP contribution < -0.4 is 5.32 Å². The summed E-state index contributed by atoms with van der Waals surface area (Å²) in [6, 6.07) is 15.4. The van der Waals surface area contributed by atoms with Gasteiger partial charge >= 0.3 is 0 Å². The smallest absolute Gasteiger partial charge is 0.248 e. The third kappa shape index (κ3) is 6.37. The molecule has 9 heteroatoms. The molecule has 39 heavy (non-hydrogen) atoms. The number of hydrogen-bond acceptors (Lipinski definition) is 6. The van der Waals surface area contributed by atoms with E-state index in [2.05, 4.69) is 15.6 Å². The van der Waals surface area contributed by atoms with Crippen LogP contribution in [0.1, 0.15) is 64.4 Å². The Balaban J connectivity index is 1.51. The first-order valence-electron chi connectivity index (χ1n) is 13.5. The number of rotatable bonds is 8. The van der Waals surface area contributed by atoms with Crippen LogP contribution in [0.4, 0.5) is 0 Å². The molecule has 208 valence electrons. The number of likely N-dealkylation sites (tertiary alicyclic amines) is 1. The maximum atomic E-state index is 13.8. The number of benzene rings is 2. The Morgan fingerprint density at radius 2 is 1.69 bits per heavy atom. The average Bonchev–Trinajstić information content (AvgIpc) is 3.55. The molecule has 1 aliphatic rings. The summed E-state index contributed by atoms with van der Waals surface area (Å²) in [5.74, 6) is -0.829. The lowest BCUT2D eigenvalue weighted by Crippen LogP contribution is -2.50. The first-order valence-corrected chi connectivity index (χ1v) is 13.5. The summed E-state index contributed by atoms with van der Waals surface area (Å²) in [7, 11) is 0. The van der Waals surface area contributed by atoms with Gasteiger partial charge in [-0.1, -0.05) is 94.4 Å². The molecule has 0 saturated carbocycles. The zero-order chi connectivity index (χ0) is 28.3. The highest BCUT2D eigenvalue weighted by atomic mass is 16.3. The Hall–Kier alpha value is -3.56. The van der Waals surface area contributed by atoms with Crippen LogP contribution in [0.25, 0.3) is 11.1 Å². The van der Waals surface area contributed by atoms with E-state index < -0.39 is 30.1 Å². The Labute approximate surface area is 229 Å². The molecule has 0 aliphatic carbocycles. The number of carbonyl (C=O) groups excluding carboxylic acids is 2. The van der Waals surface area contributed by atoms with Crippen LogP contribution in [0, 0.1) is 5.92 Å². The molecule has 3 aromatic rings. The quantitative estimate of drug-likeness (QED) is 0.409. The fraction of sp³-hybridized carbons (Fsp3) is 0.467. The lowest BCUT2D eigenvalue weighted by molar-refractivity contribution is -0.142. The molecule has 0 radical (unpaired) electrons. The van der Waals surface area contributed by atoms with E-state index in [1.807, 2.05) is 89.2 Å². The summed E-state index contributed by atoms with van der Waals surface area (Å²) in [4.78, 5) is 28.7. The van der Waals surface area contributed by atoms with E-state index in [0.717, 1.165) is 22.4 Å². The Morgan fingerprint density at radius 1 is 1.05 bits per heavy atom. The third-order valence-corrected chi connectivity index (χ3v) is 7.23. The molecule has 0 bridgehead atoms. The molecule has 1 saturated heterocycles. The maximum absolute atomic E-state index is 13.8. The second kappa shape index (κ2) is 11.7. The second-order valence-corrected chi connectivity index (χ2v) is 11.7. The number of aliphatic hydroxyl groups excluding tert-OH is 2. The van der Waals surface area contributed by atoms with Crippen molar-refractivity contribution in [1.82, 2.24) is 25.2 Å². The van der Waals surface area contributed by atoms with Crippen LogP contribution in [-0.2, 0) is 15.0 Å². The van der Waals surface area contributed by atoms with Gasteiger partial charge in [0.15, 0.2) is 0 Å². The van der Waals surface area contributed by atoms with E-state index >= 15 is 0 Å². The molecule has 0 unspecified atom stereocenters. The molecule has 1 fully saturated rings. The van der Waals surface area contributed by atoms with Gasteiger partial charge in [-0.2, -0.15) is 0 Å². The molecule has 3 N–H and O–H groups in total. The number of nitrogens with zero attached hydrogens (tertiary/aromatic N) is 4. The van der Waals surface area contributed by atoms with E-state index in [4.69, 9.17) is 0 Å². The van der Waals surface area contributed by atoms with Crippen LogP contribution in [0.5, 0.6) is 0 Å². The fourth-order valence-electron chi connectivity index (χ4n) is 4.98. The molecule has 2 heterocycles. The van der Waals surface area contributed by atoms with Crippen molar-refractivity contribution in [2.45, 2.75) is 70.7 Å². The Kier molecular flexibility index (Phi) is 8.51. The third-order valence-electron chi connectivity index (χ3n) is 7.23. The van der Waals surface area contributed by atoms with Gasteiger partial charge in [0.2, 0.25) is 11.8 Å². The van der Waals surface area contributed by atoms with Gasteiger partial charge < -0.3 is 20.4 Å². The minimum Gasteiger partial charge on any atom is -0.394 e. The van der Waals surface area contributed by atoms with Crippen molar-refractivity contribution in [3.05, 3.63) is 72.1 Å². The zero-order valence-electron chi connectivity index (χ0n) is 23.3. The van der Waals surface area contributed by atoms with Gasteiger partial charge in [0.1, 0.15) is 12.1 Å². The van der Waals surface area contributed by atoms with Gasteiger partial charge in [0, 0.05) is 24.6 Å². The van der Waals surface area contributed by atoms with Gasteiger partial charge in [0.05, 0.1) is 24.4 Å². The number of β-amino-alcohol motifs (C(OH)–C–C–N with tert-alkyl or cyclic N) is 1. The highest BCUT2D eigenvalue weighted by molar-refractivity contribution is 5.90. The minimum absolute atomic E-state index is 0.0521. The second-order valence-electron chi connectivity index (χ2n) is 11.7. The van der Waals surface area contributed by atoms with Crippen molar-refractivity contribution in [3.63, 3.8) is 0 Å². The SMILES string of the molecule is CC(C)[C@@H](C(=O)N1C[C@H](O)C[C@H]1C(=O)N[C@@H](CO)c1ccc(-c2ccccc2)cc1)n1cc(C(C)(C)C)nn1. The highest BCUT2D eigenvalue weighted by Crippen LogP contribution is 2.29. The lowest BCUT2D eigenvalue weighted by atomic mass is 9.93. The van der Waals surface area contributed by atoms with Crippen LogP contribution in [0.3, 0.4) is 0 Å². The van der Waals surface area contributed by atoms with Crippen LogP contribution >= 0.6 is 0 Å². The van der Waals surface area contributed by atoms with Crippen LogP contribution in [0.2, 0.25) is 0 Å². The number of aliphatic hydroxyl groups is 2. The van der Waals surface area contributed by atoms with Crippen molar-refractivity contribution < 1.29 is 19.8 Å². The summed E-state index contributed by atoms with van der Waals surface area (Å²) in [5, 5.41) is 32.0. The monoisotopic (exact) mass is 533 g/mol. The van der Waals surface area contributed by atoms with Crippen molar-refractivity contribution in [1.29, 1.82) is 0 Å². The number of nitrogens with one attached hydrogen (secondary N) is 1. The van der Waals surface area contributed by atoms with Crippen molar-refractivity contribution in [2.75, 3.05) is 13.2 Å². The molecule has 1 aromatic heterocycles. The minimum atomic E-state index is -0.864. The van der Waals surface area contributed by atoms with Crippen molar-refractivity contribution in [2.24, 2.45) is 5.92 Å². The molecular weight excluding hydrogens is 494 g/mol. The summed E-state index contributed by atoms with van der Waals surface area (Å²) in [6.07, 6.45) is 1.08. The Bertz CT molecular complexity index is 1270. The number of hydrogen-bond donors (Lipinski definition) is 3. The molecular formula is C30H39N5O4. The van der Waals surface area contributed by atoms with Crippen LogP contribution in [0.15, 0.2) is 60.8 Å². The molecule has 9 nitrogen and oxygen atoms in total. The van der Waals surface area contributed by atoms with Crippen LogP contribution in [-0.4, -0.2) is 67.2 Å². The largest absolute Gasteiger partial charge is 0.394 e. The fourth-order valence-corrected chi connectivity index (χ4v) is 4.98. The van der Waals surface area contributed by atoms with E-state index in [-0.39, 0.29) is 36.8 Å². The number of amides is 2. The van der Waals surface area contributed by atoms with Gasteiger partial charge in [-0.3, -0.25) is 9.59 Å². The molecule has 2 amide bonds. The van der Waals surface area contributed by atoms with Crippen molar-refractivity contribution in [3.8, 4) is 11.1 Å². The van der Waals surface area contributed by atoms with E-state index in [0.29, 0.717) is 0 Å². The normalized spacial score (nSPS) is 19.2. The van der Waals surface area contributed by atoms with Gasteiger partial charge in [-0.25, -0.2) is 4.68 Å². The van der Waals surface area contributed by atoms with E-state index in [1.54, 1.807) is 10.9 Å². The zero-order valence-corrected chi connectivity index (χ0v) is 23.3. The van der Waals surface area contributed by atoms with E-state index in [9.17, 15) is 19.8 Å². The topological polar surface area (TPSA) is 121 Å². The Morgan fingerprint density at radius 3 is 2.26 bits per heavy atom. The summed E-state index contributed by atoms with van der Waals surface area (Å²) < 4.78 is 1.57.